The molecule has 2 atom stereocenters. The molecule has 2 aliphatic rings. The summed E-state index contributed by atoms with van der Waals surface area (Å²) >= 11 is 1.73. The van der Waals surface area contributed by atoms with Crippen LogP contribution in [0.1, 0.15) is 44.2 Å². The molecule has 1 N–H and O–H groups in total. The molecule has 4 heteroatoms. The monoisotopic (exact) mass is 250 g/mol. The Morgan fingerprint density at radius 2 is 2.41 bits per heavy atom. The van der Waals surface area contributed by atoms with Gasteiger partial charge in [-0.25, -0.2) is 0 Å². The highest BCUT2D eigenvalue weighted by Gasteiger charge is 2.60. The maximum absolute atomic E-state index is 12.5. The first-order valence-corrected chi connectivity index (χ1v) is 7.20. The molecule has 3 rings (SSSR count). The summed E-state index contributed by atoms with van der Waals surface area (Å²) in [7, 11) is 0. The fourth-order valence-corrected chi connectivity index (χ4v) is 3.32. The molecule has 1 saturated carbocycles. The Labute approximate surface area is 106 Å². The predicted molar refractivity (Wildman–Crippen MR) is 68.8 cm³/mol. The molecule has 2 heterocycles. The van der Waals surface area contributed by atoms with E-state index in [4.69, 9.17) is 0 Å². The molecule has 2 fully saturated rings. The average Bonchev–Trinajstić information content (AvgIpc) is 2.81. The largest absolute Gasteiger partial charge is 0.318 e. The van der Waals surface area contributed by atoms with Crippen LogP contribution in [0.5, 0.6) is 0 Å². The number of carbonyl (C=O) groups is 1. The highest BCUT2D eigenvalue weighted by Crippen LogP contribution is 2.47. The second-order valence-electron chi connectivity index (χ2n) is 5.11. The van der Waals surface area contributed by atoms with Crippen LogP contribution in [0, 0.1) is 0 Å². The van der Waals surface area contributed by atoms with Crippen molar-refractivity contribution in [1.82, 2.24) is 10.2 Å². The quantitative estimate of drug-likeness (QED) is 0.894. The predicted octanol–water partition coefficient (Wildman–Crippen LogP) is 2.51. The molecule has 0 bridgehead atoms. The molecule has 17 heavy (non-hydrogen) atoms. The fourth-order valence-electron chi connectivity index (χ4n) is 2.55. The lowest BCUT2D eigenvalue weighted by Gasteiger charge is -2.29. The summed E-state index contributed by atoms with van der Waals surface area (Å²) < 4.78 is 0. The van der Waals surface area contributed by atoms with E-state index in [1.807, 2.05) is 0 Å². The second kappa shape index (κ2) is 3.82. The van der Waals surface area contributed by atoms with Crippen LogP contribution in [0.2, 0.25) is 0 Å². The Kier molecular flexibility index (Phi) is 2.52. The van der Waals surface area contributed by atoms with Gasteiger partial charge in [0.25, 0.3) is 0 Å². The van der Waals surface area contributed by atoms with E-state index in [0.29, 0.717) is 11.9 Å². The van der Waals surface area contributed by atoms with Crippen LogP contribution >= 0.6 is 11.3 Å². The molecule has 1 saturated heterocycles. The van der Waals surface area contributed by atoms with E-state index >= 15 is 0 Å². The molecule has 1 spiro atoms. The number of carbonyl (C=O) groups excluding carboxylic acids is 1. The third-order valence-corrected chi connectivity index (χ3v) is 4.89. The summed E-state index contributed by atoms with van der Waals surface area (Å²) in [5.41, 5.74) is -0.210. The first-order valence-electron chi connectivity index (χ1n) is 6.32. The van der Waals surface area contributed by atoms with Crippen LogP contribution in [0.15, 0.2) is 17.5 Å². The van der Waals surface area contributed by atoms with E-state index in [2.05, 4.69) is 41.6 Å². The van der Waals surface area contributed by atoms with E-state index in [-0.39, 0.29) is 11.7 Å². The van der Waals surface area contributed by atoms with Crippen LogP contribution in [-0.2, 0) is 4.79 Å². The smallest absolute Gasteiger partial charge is 0.244 e. The van der Waals surface area contributed by atoms with Gasteiger partial charge in [0.05, 0.1) is 0 Å². The van der Waals surface area contributed by atoms with Gasteiger partial charge in [0.2, 0.25) is 5.91 Å². The molecular formula is C13H18N2OS. The Morgan fingerprint density at radius 1 is 1.65 bits per heavy atom. The van der Waals surface area contributed by atoms with E-state index in [1.54, 1.807) is 11.3 Å². The maximum atomic E-state index is 12.5. The van der Waals surface area contributed by atoms with Gasteiger partial charge in [0.1, 0.15) is 11.7 Å². The third kappa shape index (κ3) is 1.62. The van der Waals surface area contributed by atoms with Crippen LogP contribution < -0.4 is 5.32 Å². The molecule has 0 radical (unpaired) electrons. The minimum Gasteiger partial charge on any atom is -0.318 e. The maximum Gasteiger partial charge on any atom is 0.244 e. The van der Waals surface area contributed by atoms with Crippen molar-refractivity contribution in [3.63, 3.8) is 0 Å². The van der Waals surface area contributed by atoms with E-state index in [0.717, 1.165) is 19.3 Å². The van der Waals surface area contributed by atoms with Crippen LogP contribution in [0.4, 0.5) is 0 Å². The third-order valence-electron chi connectivity index (χ3n) is 3.96. The van der Waals surface area contributed by atoms with Gasteiger partial charge in [-0.15, -0.1) is 11.3 Å². The summed E-state index contributed by atoms with van der Waals surface area (Å²) in [6.07, 6.45) is 3.10. The van der Waals surface area contributed by atoms with Crippen LogP contribution in [-0.4, -0.2) is 22.4 Å². The lowest BCUT2D eigenvalue weighted by atomic mass is 10.2. The van der Waals surface area contributed by atoms with Crippen molar-refractivity contribution in [3.05, 3.63) is 22.4 Å². The van der Waals surface area contributed by atoms with Crippen molar-refractivity contribution in [2.24, 2.45) is 0 Å². The molecular weight excluding hydrogens is 232 g/mol. The fraction of sp³-hybridized carbons (Fsp3) is 0.615. The van der Waals surface area contributed by atoms with Crippen LogP contribution in [0.3, 0.4) is 0 Å². The minimum absolute atomic E-state index is 0.0972. The average molecular weight is 250 g/mol. The summed E-state index contributed by atoms with van der Waals surface area (Å²) in [6.45, 7) is 4.28. The Bertz CT molecular complexity index is 425. The molecule has 1 aromatic heterocycles. The van der Waals surface area contributed by atoms with Gasteiger partial charge in [-0.3, -0.25) is 10.1 Å². The Morgan fingerprint density at radius 3 is 2.94 bits per heavy atom. The van der Waals surface area contributed by atoms with Crippen molar-refractivity contribution in [2.75, 3.05) is 0 Å². The van der Waals surface area contributed by atoms with Crippen molar-refractivity contribution in [3.8, 4) is 0 Å². The van der Waals surface area contributed by atoms with Gasteiger partial charge >= 0.3 is 0 Å². The minimum atomic E-state index is -0.210. The summed E-state index contributed by atoms with van der Waals surface area (Å²) in [5, 5.41) is 5.62. The van der Waals surface area contributed by atoms with Gasteiger partial charge in [-0.05, 0) is 37.6 Å². The molecule has 0 aromatic carbocycles. The zero-order chi connectivity index (χ0) is 12.0. The van der Waals surface area contributed by atoms with Crippen LogP contribution in [0.25, 0.3) is 0 Å². The van der Waals surface area contributed by atoms with Gasteiger partial charge < -0.3 is 4.90 Å². The van der Waals surface area contributed by atoms with Crippen molar-refractivity contribution in [2.45, 2.75) is 50.9 Å². The number of hydrogen-bond acceptors (Lipinski definition) is 3. The number of amides is 1. The summed E-state index contributed by atoms with van der Waals surface area (Å²) in [4.78, 5) is 15.8. The number of nitrogens with zero attached hydrogens (tertiary/aromatic N) is 1. The van der Waals surface area contributed by atoms with Gasteiger partial charge in [0, 0.05) is 10.9 Å². The SMILES string of the molecule is CCC(C)N1C(=O)C2(CC2)NC1c1cccs1. The standard InChI is InChI=1S/C13H18N2OS/c1-3-9(2)15-11(10-5-4-8-17-10)14-13(6-7-13)12(15)16/h4-5,8-9,11,14H,3,6-7H2,1-2H3. The lowest BCUT2D eigenvalue weighted by Crippen LogP contribution is -2.38. The van der Waals surface area contributed by atoms with Crippen molar-refractivity contribution < 1.29 is 4.79 Å². The number of nitrogens with one attached hydrogen (secondary N) is 1. The van der Waals surface area contributed by atoms with E-state index < -0.39 is 0 Å². The summed E-state index contributed by atoms with van der Waals surface area (Å²) in [5.74, 6) is 0.310. The zero-order valence-electron chi connectivity index (χ0n) is 10.3. The van der Waals surface area contributed by atoms with Gasteiger partial charge in [-0.2, -0.15) is 0 Å². The number of rotatable bonds is 3. The van der Waals surface area contributed by atoms with Gasteiger partial charge in [0.15, 0.2) is 0 Å². The topological polar surface area (TPSA) is 32.3 Å². The van der Waals surface area contributed by atoms with Crippen molar-refractivity contribution in [1.29, 1.82) is 0 Å². The Balaban J connectivity index is 1.93. The molecule has 1 aliphatic heterocycles. The zero-order valence-corrected chi connectivity index (χ0v) is 11.1. The lowest BCUT2D eigenvalue weighted by molar-refractivity contribution is -0.132. The summed E-state index contributed by atoms with van der Waals surface area (Å²) in [6, 6.07) is 4.48. The first kappa shape index (κ1) is 11.2. The molecule has 1 amide bonds. The number of thiophene rings is 1. The van der Waals surface area contributed by atoms with E-state index in [1.165, 1.54) is 4.88 Å². The normalized spacial score (nSPS) is 27.8. The molecule has 1 aromatic rings. The van der Waals surface area contributed by atoms with E-state index in [9.17, 15) is 4.79 Å². The molecule has 92 valence electrons. The highest BCUT2D eigenvalue weighted by atomic mass is 32.1. The first-order chi connectivity index (χ1) is 8.18. The second-order valence-corrected chi connectivity index (χ2v) is 6.09. The highest BCUT2D eigenvalue weighted by molar-refractivity contribution is 7.10. The van der Waals surface area contributed by atoms with Gasteiger partial charge in [-0.1, -0.05) is 13.0 Å². The number of hydrogen-bond donors (Lipinski definition) is 1. The Hall–Kier alpha value is -0.870. The molecule has 2 unspecified atom stereocenters. The van der Waals surface area contributed by atoms with Crippen molar-refractivity contribution >= 4 is 17.2 Å². The molecule has 3 nitrogen and oxygen atoms in total. The molecule has 1 aliphatic carbocycles.